The predicted octanol–water partition coefficient (Wildman–Crippen LogP) is 7.90. The third kappa shape index (κ3) is 10.9. The van der Waals surface area contributed by atoms with Gasteiger partial charge in [0.25, 0.3) is 0 Å². The molecule has 0 atom stereocenters. The van der Waals surface area contributed by atoms with E-state index in [9.17, 15) is 0 Å². The van der Waals surface area contributed by atoms with Crippen LogP contribution in [0.15, 0.2) is 103 Å². The fraction of sp³-hybridized carbons (Fsp3) is 0.214. The molecule has 0 spiro atoms. The molecule has 2 aromatic heterocycles. The number of pyridine rings is 2. The van der Waals surface area contributed by atoms with Crippen molar-refractivity contribution >= 4 is 0 Å². The summed E-state index contributed by atoms with van der Waals surface area (Å²) in [7, 11) is 0. The van der Waals surface area contributed by atoms with Gasteiger partial charge in [-0.15, -0.1) is 0 Å². The van der Waals surface area contributed by atoms with Crippen LogP contribution in [0.3, 0.4) is 0 Å². The molecule has 2 heterocycles. The summed E-state index contributed by atoms with van der Waals surface area (Å²) in [5, 5.41) is 0. The first-order chi connectivity index (χ1) is 15.8. The second-order valence-corrected chi connectivity index (χ2v) is 5.97. The summed E-state index contributed by atoms with van der Waals surface area (Å²) >= 11 is 0. The Kier molecular flexibility index (Phi) is 14.1. The molecule has 0 bridgehead atoms. The topological polar surface area (TPSA) is 44.2 Å². The number of rotatable bonds is 5. The molecule has 32 heavy (non-hydrogen) atoms. The Bertz CT molecular complexity index is 909. The molecule has 0 unspecified atom stereocenters. The minimum atomic E-state index is 0.520. The fourth-order valence-corrected chi connectivity index (χ4v) is 2.38. The Hall–Kier alpha value is -3.66. The van der Waals surface area contributed by atoms with Gasteiger partial charge in [-0.3, -0.25) is 9.97 Å². The van der Waals surface area contributed by atoms with Gasteiger partial charge in [0.05, 0.1) is 5.69 Å². The van der Waals surface area contributed by atoms with Crippen LogP contribution in [0, 0.1) is 6.92 Å². The molecular weight excluding hydrogens is 396 g/mol. The zero-order valence-corrected chi connectivity index (χ0v) is 19.7. The van der Waals surface area contributed by atoms with E-state index in [0.29, 0.717) is 6.61 Å². The molecule has 0 aliphatic heterocycles. The summed E-state index contributed by atoms with van der Waals surface area (Å²) < 4.78 is 11.1. The van der Waals surface area contributed by atoms with Crippen molar-refractivity contribution in [1.29, 1.82) is 0 Å². The second kappa shape index (κ2) is 17.1. The molecule has 0 amide bonds. The summed E-state index contributed by atoms with van der Waals surface area (Å²) in [4.78, 5) is 8.27. The molecule has 0 saturated carbocycles. The van der Waals surface area contributed by atoms with Crippen LogP contribution in [0.4, 0.5) is 0 Å². The van der Waals surface area contributed by atoms with Gasteiger partial charge in [0, 0.05) is 18.1 Å². The normalized spacial score (nSPS) is 8.91. The SMILES string of the molecule is CC.CC.Cc1cccc(COc2ccccc2)n1.c1ccc(Oc2ccncc2)cc1. The third-order valence-electron chi connectivity index (χ3n) is 3.70. The number of hydrogen-bond acceptors (Lipinski definition) is 4. The number of aromatic nitrogens is 2. The van der Waals surface area contributed by atoms with Crippen molar-refractivity contribution in [2.24, 2.45) is 0 Å². The van der Waals surface area contributed by atoms with Crippen molar-refractivity contribution in [2.75, 3.05) is 0 Å². The number of aryl methyl sites for hydroxylation is 1. The average Bonchev–Trinajstić information content (AvgIpc) is 2.88. The lowest BCUT2D eigenvalue weighted by Crippen LogP contribution is -1.98. The van der Waals surface area contributed by atoms with Crippen LogP contribution in [-0.4, -0.2) is 9.97 Å². The minimum absolute atomic E-state index is 0.520. The standard InChI is InChI=1S/C13H13NO.C11H9NO.2C2H6/c1-11-6-5-7-12(14-11)10-15-13-8-3-2-4-9-13;1-2-4-10(5-3-1)13-11-6-8-12-9-7-11;2*1-2/h2-9H,10H2,1H3;1-9H;2*1-2H3. The fourth-order valence-electron chi connectivity index (χ4n) is 2.38. The average molecular weight is 431 g/mol. The van der Waals surface area contributed by atoms with E-state index in [0.717, 1.165) is 28.6 Å². The van der Waals surface area contributed by atoms with Gasteiger partial charge >= 0.3 is 0 Å². The van der Waals surface area contributed by atoms with Gasteiger partial charge in [0.1, 0.15) is 23.9 Å². The molecule has 0 radical (unpaired) electrons. The maximum atomic E-state index is 5.58. The summed E-state index contributed by atoms with van der Waals surface area (Å²) in [6.07, 6.45) is 3.41. The third-order valence-corrected chi connectivity index (χ3v) is 3.70. The van der Waals surface area contributed by atoms with E-state index in [1.165, 1.54) is 0 Å². The van der Waals surface area contributed by atoms with Crippen LogP contribution in [0.5, 0.6) is 17.2 Å². The highest BCUT2D eigenvalue weighted by Crippen LogP contribution is 2.18. The summed E-state index contributed by atoms with van der Waals surface area (Å²) in [6, 6.07) is 29.0. The number of ether oxygens (including phenoxy) is 2. The van der Waals surface area contributed by atoms with Crippen LogP contribution >= 0.6 is 0 Å². The summed E-state index contributed by atoms with van der Waals surface area (Å²) in [5.41, 5.74) is 1.98. The Balaban J connectivity index is 0.000000279. The zero-order valence-electron chi connectivity index (χ0n) is 19.7. The summed E-state index contributed by atoms with van der Waals surface area (Å²) in [6.45, 7) is 10.5. The van der Waals surface area contributed by atoms with Crippen LogP contribution in [0.1, 0.15) is 39.1 Å². The lowest BCUT2D eigenvalue weighted by atomic mass is 10.3. The minimum Gasteiger partial charge on any atom is -0.487 e. The molecule has 0 aliphatic rings. The molecule has 0 fully saturated rings. The first kappa shape index (κ1) is 26.4. The van der Waals surface area contributed by atoms with Crippen molar-refractivity contribution in [3.63, 3.8) is 0 Å². The van der Waals surface area contributed by atoms with E-state index < -0.39 is 0 Å². The van der Waals surface area contributed by atoms with Gasteiger partial charge in [-0.05, 0) is 55.5 Å². The smallest absolute Gasteiger partial charge is 0.130 e. The van der Waals surface area contributed by atoms with E-state index in [4.69, 9.17) is 9.47 Å². The monoisotopic (exact) mass is 430 g/mol. The van der Waals surface area contributed by atoms with E-state index in [1.54, 1.807) is 12.4 Å². The maximum Gasteiger partial charge on any atom is 0.130 e. The number of hydrogen-bond donors (Lipinski definition) is 0. The molecular formula is C28H34N2O2. The van der Waals surface area contributed by atoms with Gasteiger partial charge in [-0.2, -0.15) is 0 Å². The number of para-hydroxylation sites is 2. The molecule has 4 aromatic rings. The van der Waals surface area contributed by atoms with Gasteiger partial charge in [-0.25, -0.2) is 0 Å². The zero-order chi connectivity index (χ0) is 23.4. The molecule has 0 N–H and O–H groups in total. The van der Waals surface area contributed by atoms with Gasteiger partial charge in [0.15, 0.2) is 0 Å². The summed E-state index contributed by atoms with van der Waals surface area (Å²) in [5.74, 6) is 2.52. The quantitative estimate of drug-likeness (QED) is 0.323. The number of benzene rings is 2. The Morgan fingerprint density at radius 2 is 1.12 bits per heavy atom. The van der Waals surface area contributed by atoms with Crippen molar-refractivity contribution in [1.82, 2.24) is 9.97 Å². The van der Waals surface area contributed by atoms with Crippen LogP contribution < -0.4 is 9.47 Å². The van der Waals surface area contributed by atoms with Crippen molar-refractivity contribution in [3.8, 4) is 17.2 Å². The first-order valence-electron chi connectivity index (χ1n) is 11.0. The van der Waals surface area contributed by atoms with Crippen LogP contribution in [-0.2, 0) is 6.61 Å². The van der Waals surface area contributed by atoms with Gasteiger partial charge < -0.3 is 9.47 Å². The molecule has 0 saturated heterocycles. The van der Waals surface area contributed by atoms with Gasteiger partial charge in [-0.1, -0.05) is 70.2 Å². The van der Waals surface area contributed by atoms with Crippen molar-refractivity contribution in [3.05, 3.63) is 115 Å². The Labute approximate surface area is 192 Å². The van der Waals surface area contributed by atoms with Crippen LogP contribution in [0.2, 0.25) is 0 Å². The molecule has 4 heteroatoms. The maximum absolute atomic E-state index is 5.58. The van der Waals surface area contributed by atoms with Gasteiger partial charge in [0.2, 0.25) is 0 Å². The lowest BCUT2D eigenvalue weighted by molar-refractivity contribution is 0.301. The Morgan fingerprint density at radius 1 is 0.594 bits per heavy atom. The highest BCUT2D eigenvalue weighted by atomic mass is 16.5. The predicted molar refractivity (Wildman–Crippen MR) is 133 cm³/mol. The molecule has 168 valence electrons. The van der Waals surface area contributed by atoms with E-state index in [1.807, 2.05) is 126 Å². The highest BCUT2D eigenvalue weighted by molar-refractivity contribution is 5.28. The largest absolute Gasteiger partial charge is 0.487 e. The molecule has 2 aromatic carbocycles. The Morgan fingerprint density at radius 3 is 1.69 bits per heavy atom. The number of nitrogens with zero attached hydrogens (tertiary/aromatic N) is 2. The lowest BCUT2D eigenvalue weighted by Gasteiger charge is -2.05. The van der Waals surface area contributed by atoms with E-state index >= 15 is 0 Å². The molecule has 4 rings (SSSR count). The second-order valence-electron chi connectivity index (χ2n) is 5.97. The molecule has 4 nitrogen and oxygen atoms in total. The van der Waals surface area contributed by atoms with E-state index in [-0.39, 0.29) is 0 Å². The van der Waals surface area contributed by atoms with Crippen molar-refractivity contribution in [2.45, 2.75) is 41.2 Å². The van der Waals surface area contributed by atoms with Crippen LogP contribution in [0.25, 0.3) is 0 Å². The first-order valence-corrected chi connectivity index (χ1v) is 11.0. The van der Waals surface area contributed by atoms with E-state index in [2.05, 4.69) is 9.97 Å². The molecule has 0 aliphatic carbocycles. The van der Waals surface area contributed by atoms with Crippen molar-refractivity contribution < 1.29 is 9.47 Å². The highest BCUT2D eigenvalue weighted by Gasteiger charge is 1.96.